The summed E-state index contributed by atoms with van der Waals surface area (Å²) in [4.78, 5) is 0. The van der Waals surface area contributed by atoms with Gasteiger partial charge in [-0.15, -0.1) is 0 Å². The van der Waals surface area contributed by atoms with Gasteiger partial charge < -0.3 is 5.32 Å². The van der Waals surface area contributed by atoms with Crippen LogP contribution >= 0.6 is 0 Å². The largest absolute Gasteiger partial charge is 0.316 e. The van der Waals surface area contributed by atoms with E-state index in [1.54, 1.807) is 0 Å². The Morgan fingerprint density at radius 2 is 2.00 bits per heavy atom. The fourth-order valence-electron chi connectivity index (χ4n) is 1.74. The quantitative estimate of drug-likeness (QED) is 0.639. The van der Waals surface area contributed by atoms with Crippen LogP contribution in [0.5, 0.6) is 0 Å². The molecule has 0 amide bonds. The van der Waals surface area contributed by atoms with Crippen molar-refractivity contribution in [3.8, 4) is 0 Å². The SMILES string of the molecule is NS(=O)(=O)N(CCC1CNC1)C1CC1. The number of nitrogens with zero attached hydrogens (tertiary/aromatic N) is 1. The molecule has 2 aliphatic rings. The highest BCUT2D eigenvalue weighted by molar-refractivity contribution is 7.86. The molecule has 0 unspecified atom stereocenters. The first-order chi connectivity index (χ1) is 6.57. The Kier molecular flexibility index (Phi) is 2.79. The molecule has 6 heteroatoms. The maximum absolute atomic E-state index is 11.2. The molecular weight excluding hydrogens is 202 g/mol. The van der Waals surface area contributed by atoms with Crippen LogP contribution in [0, 0.1) is 5.92 Å². The summed E-state index contributed by atoms with van der Waals surface area (Å²) in [6, 6.07) is 0.193. The van der Waals surface area contributed by atoms with Crippen molar-refractivity contribution in [3.63, 3.8) is 0 Å². The number of hydrogen-bond donors (Lipinski definition) is 2. The Hall–Kier alpha value is -0.170. The molecule has 0 bridgehead atoms. The predicted octanol–water partition coefficient (Wildman–Crippen LogP) is -0.736. The second kappa shape index (κ2) is 3.77. The van der Waals surface area contributed by atoms with Gasteiger partial charge in [-0.1, -0.05) is 0 Å². The van der Waals surface area contributed by atoms with Gasteiger partial charge in [0.2, 0.25) is 0 Å². The van der Waals surface area contributed by atoms with E-state index in [9.17, 15) is 8.42 Å². The molecule has 0 atom stereocenters. The molecule has 1 heterocycles. The first kappa shape index (κ1) is 10.4. The van der Waals surface area contributed by atoms with Crippen LogP contribution in [0.25, 0.3) is 0 Å². The van der Waals surface area contributed by atoms with Gasteiger partial charge in [-0.25, -0.2) is 5.14 Å². The number of nitrogens with one attached hydrogen (secondary N) is 1. The minimum Gasteiger partial charge on any atom is -0.316 e. The molecule has 1 aliphatic heterocycles. The lowest BCUT2D eigenvalue weighted by Crippen LogP contribution is -2.45. The number of rotatable bonds is 5. The summed E-state index contributed by atoms with van der Waals surface area (Å²) in [5.41, 5.74) is 0. The van der Waals surface area contributed by atoms with Crippen LogP contribution in [-0.4, -0.2) is 38.4 Å². The molecule has 82 valence electrons. The third-order valence-electron chi connectivity index (χ3n) is 2.90. The lowest BCUT2D eigenvalue weighted by molar-refractivity contribution is 0.287. The van der Waals surface area contributed by atoms with Crippen LogP contribution in [0.2, 0.25) is 0 Å². The van der Waals surface area contributed by atoms with Crippen molar-refractivity contribution in [3.05, 3.63) is 0 Å². The molecule has 2 rings (SSSR count). The predicted molar refractivity (Wildman–Crippen MR) is 53.8 cm³/mol. The summed E-state index contributed by atoms with van der Waals surface area (Å²) in [5, 5.41) is 8.32. The van der Waals surface area contributed by atoms with E-state index in [0.29, 0.717) is 12.5 Å². The third kappa shape index (κ3) is 2.44. The monoisotopic (exact) mass is 219 g/mol. The van der Waals surface area contributed by atoms with Gasteiger partial charge in [-0.05, 0) is 38.3 Å². The molecule has 1 aliphatic carbocycles. The minimum atomic E-state index is -3.47. The van der Waals surface area contributed by atoms with Gasteiger partial charge >= 0.3 is 0 Å². The van der Waals surface area contributed by atoms with E-state index in [-0.39, 0.29) is 6.04 Å². The molecule has 0 aromatic rings. The zero-order chi connectivity index (χ0) is 10.2. The standard InChI is InChI=1S/C8H17N3O2S/c9-14(12,13)11(8-1-2-8)4-3-7-5-10-6-7/h7-8,10H,1-6H2,(H2,9,12,13). The van der Waals surface area contributed by atoms with Crippen molar-refractivity contribution in [2.45, 2.75) is 25.3 Å². The maximum Gasteiger partial charge on any atom is 0.277 e. The molecule has 0 aromatic heterocycles. The Labute approximate surface area is 84.8 Å². The Bertz CT molecular complexity index is 296. The molecule has 0 spiro atoms. The smallest absolute Gasteiger partial charge is 0.277 e. The highest BCUT2D eigenvalue weighted by atomic mass is 32.2. The van der Waals surface area contributed by atoms with E-state index in [4.69, 9.17) is 5.14 Å². The minimum absolute atomic E-state index is 0.193. The van der Waals surface area contributed by atoms with Crippen molar-refractivity contribution in [2.24, 2.45) is 11.1 Å². The van der Waals surface area contributed by atoms with Crippen molar-refractivity contribution in [1.82, 2.24) is 9.62 Å². The normalized spacial score (nSPS) is 23.9. The van der Waals surface area contributed by atoms with Crippen LogP contribution < -0.4 is 10.5 Å². The number of hydrogen-bond acceptors (Lipinski definition) is 3. The lowest BCUT2D eigenvalue weighted by atomic mass is 10.00. The summed E-state index contributed by atoms with van der Waals surface area (Å²) in [6.45, 7) is 2.63. The molecular formula is C8H17N3O2S. The van der Waals surface area contributed by atoms with Crippen LogP contribution in [0.4, 0.5) is 0 Å². The van der Waals surface area contributed by atoms with Gasteiger partial charge in [0.25, 0.3) is 10.2 Å². The van der Waals surface area contributed by atoms with Crippen molar-refractivity contribution in [2.75, 3.05) is 19.6 Å². The van der Waals surface area contributed by atoms with Gasteiger partial charge in [0.05, 0.1) is 0 Å². The third-order valence-corrected chi connectivity index (χ3v) is 4.04. The Balaban J connectivity index is 1.84. The molecule has 3 N–H and O–H groups in total. The molecule has 1 saturated carbocycles. The second-order valence-electron chi connectivity index (χ2n) is 4.20. The molecule has 5 nitrogen and oxygen atoms in total. The fraction of sp³-hybridized carbons (Fsp3) is 1.00. The number of nitrogens with two attached hydrogens (primary N) is 1. The van der Waals surface area contributed by atoms with E-state index in [1.165, 1.54) is 4.31 Å². The maximum atomic E-state index is 11.2. The highest BCUT2D eigenvalue weighted by Gasteiger charge is 2.35. The summed E-state index contributed by atoms with van der Waals surface area (Å²) < 4.78 is 23.9. The Morgan fingerprint density at radius 1 is 1.36 bits per heavy atom. The molecule has 0 aromatic carbocycles. The first-order valence-electron chi connectivity index (χ1n) is 5.07. The zero-order valence-corrected chi connectivity index (χ0v) is 8.96. The molecule has 14 heavy (non-hydrogen) atoms. The van der Waals surface area contributed by atoms with E-state index in [1.807, 2.05) is 0 Å². The average Bonchev–Trinajstić information content (AvgIpc) is 2.74. The topological polar surface area (TPSA) is 75.4 Å². The van der Waals surface area contributed by atoms with E-state index in [2.05, 4.69) is 5.32 Å². The van der Waals surface area contributed by atoms with Crippen LogP contribution in [0.3, 0.4) is 0 Å². The Morgan fingerprint density at radius 3 is 2.36 bits per heavy atom. The van der Waals surface area contributed by atoms with Crippen LogP contribution in [0.1, 0.15) is 19.3 Å². The summed E-state index contributed by atoms with van der Waals surface area (Å²) in [5.74, 6) is 0.637. The van der Waals surface area contributed by atoms with Gasteiger partial charge in [0, 0.05) is 12.6 Å². The van der Waals surface area contributed by atoms with Gasteiger partial charge in [-0.3, -0.25) is 0 Å². The van der Waals surface area contributed by atoms with Crippen LogP contribution in [-0.2, 0) is 10.2 Å². The summed E-state index contributed by atoms with van der Waals surface area (Å²) in [7, 11) is -3.47. The van der Waals surface area contributed by atoms with E-state index in [0.717, 1.165) is 32.4 Å². The average molecular weight is 219 g/mol. The molecule has 2 fully saturated rings. The molecule has 1 saturated heterocycles. The summed E-state index contributed by atoms with van der Waals surface area (Å²) in [6.07, 6.45) is 2.87. The molecule has 0 radical (unpaired) electrons. The summed E-state index contributed by atoms with van der Waals surface area (Å²) >= 11 is 0. The van der Waals surface area contributed by atoms with E-state index >= 15 is 0 Å². The van der Waals surface area contributed by atoms with Crippen molar-refractivity contribution < 1.29 is 8.42 Å². The lowest BCUT2D eigenvalue weighted by Gasteiger charge is -2.29. The van der Waals surface area contributed by atoms with Gasteiger partial charge in [-0.2, -0.15) is 12.7 Å². The first-order valence-corrected chi connectivity index (χ1v) is 6.58. The van der Waals surface area contributed by atoms with E-state index < -0.39 is 10.2 Å². The zero-order valence-electron chi connectivity index (χ0n) is 8.15. The van der Waals surface area contributed by atoms with Crippen molar-refractivity contribution >= 4 is 10.2 Å². The van der Waals surface area contributed by atoms with Crippen LogP contribution in [0.15, 0.2) is 0 Å². The second-order valence-corrected chi connectivity index (χ2v) is 5.70. The van der Waals surface area contributed by atoms with Gasteiger partial charge in [0.1, 0.15) is 0 Å². The van der Waals surface area contributed by atoms with Crippen molar-refractivity contribution in [1.29, 1.82) is 0 Å². The highest BCUT2D eigenvalue weighted by Crippen LogP contribution is 2.28. The fourth-order valence-corrected chi connectivity index (χ4v) is 2.73. The van der Waals surface area contributed by atoms with Gasteiger partial charge in [0.15, 0.2) is 0 Å².